The van der Waals surface area contributed by atoms with Gasteiger partial charge in [0.2, 0.25) is 0 Å². The Kier molecular flexibility index (Phi) is 3.60. The van der Waals surface area contributed by atoms with Crippen LogP contribution in [0.4, 0.5) is 10.2 Å². The molecule has 8 heteroatoms. The van der Waals surface area contributed by atoms with Gasteiger partial charge in [0.05, 0.1) is 19.3 Å². The molecule has 7 nitrogen and oxygen atoms in total. The summed E-state index contributed by atoms with van der Waals surface area (Å²) in [7, 11) is 0. The van der Waals surface area contributed by atoms with Gasteiger partial charge in [0.15, 0.2) is 6.17 Å². The highest BCUT2D eigenvalue weighted by molar-refractivity contribution is 5.23. The lowest BCUT2D eigenvalue weighted by Crippen LogP contribution is -2.51. The van der Waals surface area contributed by atoms with Gasteiger partial charge in [-0.15, -0.1) is 0 Å². The lowest BCUT2D eigenvalue weighted by atomic mass is 9.99. The van der Waals surface area contributed by atoms with Crippen molar-refractivity contribution in [2.45, 2.75) is 24.4 Å². The van der Waals surface area contributed by atoms with Crippen molar-refractivity contribution < 1.29 is 19.3 Å². The number of rotatable bonds is 2. The van der Waals surface area contributed by atoms with Gasteiger partial charge >= 0.3 is 5.69 Å². The molecule has 1 aromatic rings. The molecule has 0 bridgehead atoms. The molecule has 0 spiro atoms. The Bertz CT molecular complexity index is 480. The maximum atomic E-state index is 14.0. The number of nitrogens with zero attached hydrogens (tertiary/aromatic N) is 2. The van der Waals surface area contributed by atoms with Gasteiger partial charge in [-0.05, 0) is 6.07 Å². The third-order valence-corrected chi connectivity index (χ3v) is 2.94. The van der Waals surface area contributed by atoms with Crippen molar-refractivity contribution in [2.75, 3.05) is 18.9 Å². The van der Waals surface area contributed by atoms with Gasteiger partial charge in [-0.1, -0.05) is 0 Å². The highest BCUT2D eigenvalue weighted by atomic mass is 19.1. The summed E-state index contributed by atoms with van der Waals surface area (Å²) in [6, 6.07) is 0.377. The Morgan fingerprint density at radius 3 is 3.00 bits per heavy atom. The van der Waals surface area contributed by atoms with Crippen LogP contribution in [-0.2, 0) is 4.74 Å². The second-order valence-corrected chi connectivity index (χ2v) is 4.10. The number of aromatic nitrogens is 2. The summed E-state index contributed by atoms with van der Waals surface area (Å²) in [5.41, 5.74) is 4.62. The molecule has 18 heavy (non-hydrogen) atoms. The molecule has 0 aliphatic carbocycles. The number of aliphatic hydroxyl groups is 2. The normalized spacial score (nSPS) is 32.4. The summed E-state index contributed by atoms with van der Waals surface area (Å²) in [5.74, 6) is 0.0390. The van der Waals surface area contributed by atoms with Gasteiger partial charge in [0.1, 0.15) is 18.0 Å². The van der Waals surface area contributed by atoms with E-state index in [0.717, 1.165) is 4.57 Å². The minimum atomic E-state index is -1.72. The van der Waals surface area contributed by atoms with E-state index in [9.17, 15) is 14.3 Å². The molecule has 1 saturated heterocycles. The monoisotopic (exact) mass is 259 g/mol. The third kappa shape index (κ3) is 2.22. The molecule has 1 unspecified atom stereocenters. The minimum absolute atomic E-state index is 0.0390. The van der Waals surface area contributed by atoms with Gasteiger partial charge in [-0.3, -0.25) is 4.57 Å². The molecule has 1 aliphatic heterocycles. The number of nitrogens with two attached hydrogens (primary N) is 1. The molecule has 4 N–H and O–H groups in total. The second-order valence-electron chi connectivity index (χ2n) is 4.10. The zero-order valence-corrected chi connectivity index (χ0v) is 9.44. The fourth-order valence-corrected chi connectivity index (χ4v) is 1.92. The first-order valence-corrected chi connectivity index (χ1v) is 5.44. The SMILES string of the molecule is Nc1ccn([C@@H]2COC(CO)[C@@H](O)[C@H]2F)c(=O)n1. The van der Waals surface area contributed by atoms with Crippen molar-refractivity contribution in [1.82, 2.24) is 9.55 Å². The summed E-state index contributed by atoms with van der Waals surface area (Å²) in [6.45, 7) is -0.613. The van der Waals surface area contributed by atoms with Crippen LogP contribution < -0.4 is 11.4 Å². The van der Waals surface area contributed by atoms with Gasteiger partial charge in [-0.25, -0.2) is 9.18 Å². The van der Waals surface area contributed by atoms with E-state index in [1.807, 2.05) is 0 Å². The summed E-state index contributed by atoms with van der Waals surface area (Å²) in [4.78, 5) is 15.0. The quantitative estimate of drug-likeness (QED) is 0.593. The molecule has 0 radical (unpaired) electrons. The van der Waals surface area contributed by atoms with Gasteiger partial charge in [-0.2, -0.15) is 4.98 Å². The average Bonchev–Trinajstić information content (AvgIpc) is 2.34. The van der Waals surface area contributed by atoms with Crippen molar-refractivity contribution in [3.05, 3.63) is 22.7 Å². The fourth-order valence-electron chi connectivity index (χ4n) is 1.92. The van der Waals surface area contributed by atoms with E-state index in [0.29, 0.717) is 0 Å². The van der Waals surface area contributed by atoms with Crippen LogP contribution in [0.1, 0.15) is 6.04 Å². The molecule has 2 rings (SSSR count). The number of aliphatic hydroxyl groups excluding tert-OH is 2. The van der Waals surface area contributed by atoms with E-state index in [-0.39, 0.29) is 12.4 Å². The number of halogens is 1. The van der Waals surface area contributed by atoms with E-state index >= 15 is 0 Å². The van der Waals surface area contributed by atoms with Crippen LogP contribution in [0.25, 0.3) is 0 Å². The summed E-state index contributed by atoms with van der Waals surface area (Å²) < 4.78 is 20.1. The second kappa shape index (κ2) is 5.01. The summed E-state index contributed by atoms with van der Waals surface area (Å²) in [6.07, 6.45) is -2.89. The molecule has 100 valence electrons. The van der Waals surface area contributed by atoms with Crippen molar-refractivity contribution in [3.8, 4) is 0 Å². The molecule has 1 aliphatic rings. The number of alkyl halides is 1. The smallest absolute Gasteiger partial charge is 0.349 e. The molecular formula is C10H14FN3O4. The van der Waals surface area contributed by atoms with Crippen LogP contribution in [0.3, 0.4) is 0 Å². The van der Waals surface area contributed by atoms with Crippen molar-refractivity contribution in [3.63, 3.8) is 0 Å². The van der Waals surface area contributed by atoms with Gasteiger partial charge < -0.3 is 20.7 Å². The highest BCUT2D eigenvalue weighted by Gasteiger charge is 2.40. The Morgan fingerprint density at radius 1 is 1.67 bits per heavy atom. The van der Waals surface area contributed by atoms with Crippen LogP contribution in [-0.4, -0.2) is 51.4 Å². The van der Waals surface area contributed by atoms with Crippen LogP contribution in [0, 0.1) is 0 Å². The molecular weight excluding hydrogens is 245 g/mol. The molecule has 0 amide bonds. The lowest BCUT2D eigenvalue weighted by Gasteiger charge is -2.36. The molecule has 1 fully saturated rings. The van der Waals surface area contributed by atoms with Crippen LogP contribution in [0.5, 0.6) is 0 Å². The van der Waals surface area contributed by atoms with E-state index in [2.05, 4.69) is 4.98 Å². The van der Waals surface area contributed by atoms with Crippen molar-refractivity contribution in [1.29, 1.82) is 0 Å². The Hall–Kier alpha value is -1.51. The standard InChI is InChI=1S/C10H14FN3O4/c11-8-5(4-18-6(3-15)9(8)16)14-2-1-7(12)13-10(14)17/h1-2,5-6,8-9,15-16H,3-4H2,(H2,12,13,17)/t5-,6?,8+,9-/m1/s1. The molecule has 1 aromatic heterocycles. The Morgan fingerprint density at radius 2 is 2.39 bits per heavy atom. The predicted molar refractivity (Wildman–Crippen MR) is 59.7 cm³/mol. The maximum Gasteiger partial charge on any atom is 0.349 e. The van der Waals surface area contributed by atoms with Gasteiger partial charge in [0, 0.05) is 6.20 Å². The molecule has 4 atom stereocenters. The molecule has 0 aromatic carbocycles. The Balaban J connectivity index is 2.27. The van der Waals surface area contributed by atoms with Crippen LogP contribution in [0.2, 0.25) is 0 Å². The fraction of sp³-hybridized carbons (Fsp3) is 0.600. The molecule has 0 saturated carbocycles. The minimum Gasteiger partial charge on any atom is -0.394 e. The average molecular weight is 259 g/mol. The van der Waals surface area contributed by atoms with E-state index < -0.39 is 36.7 Å². The maximum absolute atomic E-state index is 14.0. The first-order chi connectivity index (χ1) is 8.54. The topological polar surface area (TPSA) is 111 Å². The van der Waals surface area contributed by atoms with Crippen molar-refractivity contribution >= 4 is 5.82 Å². The first-order valence-electron chi connectivity index (χ1n) is 5.44. The third-order valence-electron chi connectivity index (χ3n) is 2.94. The van der Waals surface area contributed by atoms with Crippen molar-refractivity contribution in [2.24, 2.45) is 0 Å². The zero-order valence-electron chi connectivity index (χ0n) is 9.44. The number of hydrogen-bond acceptors (Lipinski definition) is 6. The number of nitrogen functional groups attached to an aromatic ring is 1. The zero-order chi connectivity index (χ0) is 13.3. The number of hydrogen-bond donors (Lipinski definition) is 3. The largest absolute Gasteiger partial charge is 0.394 e. The van der Waals surface area contributed by atoms with E-state index in [4.69, 9.17) is 15.6 Å². The van der Waals surface area contributed by atoms with Gasteiger partial charge in [0.25, 0.3) is 0 Å². The van der Waals surface area contributed by atoms with Crippen LogP contribution in [0.15, 0.2) is 17.1 Å². The highest BCUT2D eigenvalue weighted by Crippen LogP contribution is 2.26. The van der Waals surface area contributed by atoms with E-state index in [1.165, 1.54) is 12.3 Å². The van der Waals surface area contributed by atoms with E-state index in [1.54, 1.807) is 0 Å². The first kappa shape index (κ1) is 12.9. The summed E-state index contributed by atoms with van der Waals surface area (Å²) in [5, 5.41) is 18.5. The molecule has 2 heterocycles. The number of anilines is 1. The summed E-state index contributed by atoms with van der Waals surface area (Å²) >= 11 is 0. The lowest BCUT2D eigenvalue weighted by molar-refractivity contribution is -0.149. The predicted octanol–water partition coefficient (Wildman–Crippen LogP) is -1.54. The Labute approximate surface area is 102 Å². The van der Waals surface area contributed by atoms with Crippen LogP contribution >= 0.6 is 0 Å². The number of ether oxygens (including phenoxy) is 1.